The van der Waals surface area contributed by atoms with Crippen LogP contribution in [0.5, 0.6) is 0 Å². The zero-order chi connectivity index (χ0) is 27.1. The summed E-state index contributed by atoms with van der Waals surface area (Å²) in [5, 5.41) is 0. The molecule has 0 aromatic heterocycles. The van der Waals surface area contributed by atoms with Gasteiger partial charge in [-0.2, -0.15) is 0 Å². The Morgan fingerprint density at radius 1 is 0.974 bits per heavy atom. The van der Waals surface area contributed by atoms with Crippen LogP contribution in [-0.2, 0) is 4.74 Å². The SMILES string of the molecule is CC[C@H](CC[C@@H](C)[C@H]1CC[C@H]2[C@@H]3CC=C4CC(OC(=O)c5ccccc5)CC[C@]4(C)[C@H]3CC[C@]12C)C(C)C. The van der Waals surface area contributed by atoms with Crippen LogP contribution in [0, 0.1) is 52.3 Å². The molecule has 0 amide bonds. The number of rotatable bonds is 8. The van der Waals surface area contributed by atoms with Gasteiger partial charge >= 0.3 is 5.97 Å². The molecule has 4 aliphatic carbocycles. The van der Waals surface area contributed by atoms with Crippen LogP contribution < -0.4 is 0 Å². The highest BCUT2D eigenvalue weighted by Crippen LogP contribution is 2.67. The standard InChI is InChI=1S/C36H54O2/c1-7-26(24(2)3)14-13-25(4)31-17-18-32-30-16-15-28-23-29(38-34(37)27-11-9-8-10-12-27)19-21-35(28,5)33(30)20-22-36(31,32)6/h8-12,15,24-26,29-33H,7,13-14,16-23H2,1-6H3/t25-,26-,29?,30+,31-,32+,33+,35+,36-/m1/s1. The van der Waals surface area contributed by atoms with Crippen molar-refractivity contribution in [1.82, 2.24) is 0 Å². The Hall–Kier alpha value is -1.57. The number of fused-ring (bicyclic) bond motifs is 5. The molecule has 1 aromatic rings. The summed E-state index contributed by atoms with van der Waals surface area (Å²) >= 11 is 0. The average Bonchev–Trinajstić information content (AvgIpc) is 3.26. The lowest BCUT2D eigenvalue weighted by molar-refractivity contribution is -0.0596. The third kappa shape index (κ3) is 5.03. The maximum absolute atomic E-state index is 12.7. The van der Waals surface area contributed by atoms with Gasteiger partial charge in [0.05, 0.1) is 5.56 Å². The van der Waals surface area contributed by atoms with Crippen LogP contribution >= 0.6 is 0 Å². The molecule has 2 heteroatoms. The largest absolute Gasteiger partial charge is 0.458 e. The quantitative estimate of drug-likeness (QED) is 0.253. The summed E-state index contributed by atoms with van der Waals surface area (Å²) in [6, 6.07) is 9.50. The number of allylic oxidation sites excluding steroid dienone is 1. The second-order valence-electron chi connectivity index (χ2n) is 14.6. The highest BCUT2D eigenvalue weighted by molar-refractivity contribution is 5.89. The molecule has 0 saturated heterocycles. The van der Waals surface area contributed by atoms with E-state index >= 15 is 0 Å². The van der Waals surface area contributed by atoms with Crippen molar-refractivity contribution in [3.8, 4) is 0 Å². The first-order chi connectivity index (χ1) is 18.2. The molecule has 3 fully saturated rings. The van der Waals surface area contributed by atoms with Gasteiger partial charge in [-0.15, -0.1) is 0 Å². The van der Waals surface area contributed by atoms with Gasteiger partial charge in [0.1, 0.15) is 6.10 Å². The Bertz CT molecular complexity index is 994. The van der Waals surface area contributed by atoms with Crippen molar-refractivity contribution < 1.29 is 9.53 Å². The van der Waals surface area contributed by atoms with E-state index in [1.807, 2.05) is 30.3 Å². The first kappa shape index (κ1) is 28.0. The van der Waals surface area contributed by atoms with Crippen LogP contribution in [0.25, 0.3) is 0 Å². The number of benzene rings is 1. The van der Waals surface area contributed by atoms with Crippen molar-refractivity contribution in [2.75, 3.05) is 0 Å². The van der Waals surface area contributed by atoms with E-state index in [9.17, 15) is 4.79 Å². The smallest absolute Gasteiger partial charge is 0.338 e. The average molecular weight is 519 g/mol. The summed E-state index contributed by atoms with van der Waals surface area (Å²) in [5.74, 6) is 5.86. The highest BCUT2D eigenvalue weighted by Gasteiger charge is 2.59. The van der Waals surface area contributed by atoms with Gasteiger partial charge in [-0.05, 0) is 116 Å². The molecule has 38 heavy (non-hydrogen) atoms. The minimum atomic E-state index is -0.160. The molecule has 0 spiro atoms. The maximum atomic E-state index is 12.7. The number of ether oxygens (including phenoxy) is 1. The van der Waals surface area contributed by atoms with Crippen molar-refractivity contribution in [2.45, 2.75) is 118 Å². The molecule has 210 valence electrons. The Kier molecular flexibility index (Phi) is 8.19. The molecule has 0 heterocycles. The molecule has 0 aliphatic heterocycles. The topological polar surface area (TPSA) is 26.3 Å². The van der Waals surface area contributed by atoms with Crippen molar-refractivity contribution in [3.05, 3.63) is 47.5 Å². The van der Waals surface area contributed by atoms with Crippen LogP contribution in [0.3, 0.4) is 0 Å². The summed E-state index contributed by atoms with van der Waals surface area (Å²) in [6.45, 7) is 15.1. The second-order valence-corrected chi connectivity index (χ2v) is 14.6. The molecular weight excluding hydrogens is 464 g/mol. The molecule has 9 atom stereocenters. The minimum Gasteiger partial charge on any atom is -0.458 e. The van der Waals surface area contributed by atoms with Crippen LogP contribution in [-0.4, -0.2) is 12.1 Å². The molecular formula is C36H54O2. The van der Waals surface area contributed by atoms with Gasteiger partial charge in [-0.25, -0.2) is 4.79 Å². The molecule has 0 radical (unpaired) electrons. The Balaban J connectivity index is 1.25. The molecule has 1 unspecified atom stereocenters. The van der Waals surface area contributed by atoms with Crippen LogP contribution in [0.4, 0.5) is 0 Å². The third-order valence-electron chi connectivity index (χ3n) is 12.6. The first-order valence-electron chi connectivity index (χ1n) is 16.1. The van der Waals surface area contributed by atoms with Gasteiger partial charge < -0.3 is 4.74 Å². The van der Waals surface area contributed by atoms with E-state index in [2.05, 4.69) is 47.6 Å². The summed E-state index contributed by atoms with van der Waals surface area (Å²) < 4.78 is 6.02. The van der Waals surface area contributed by atoms with Gasteiger partial charge in [-0.3, -0.25) is 0 Å². The first-order valence-corrected chi connectivity index (χ1v) is 16.1. The lowest BCUT2D eigenvalue weighted by Crippen LogP contribution is -2.51. The third-order valence-corrected chi connectivity index (χ3v) is 12.6. The van der Waals surface area contributed by atoms with Crippen molar-refractivity contribution >= 4 is 5.97 Å². The predicted molar refractivity (Wildman–Crippen MR) is 158 cm³/mol. The Morgan fingerprint density at radius 2 is 1.74 bits per heavy atom. The van der Waals surface area contributed by atoms with Crippen LogP contribution in [0.2, 0.25) is 0 Å². The van der Waals surface area contributed by atoms with E-state index in [0.29, 0.717) is 16.4 Å². The minimum absolute atomic E-state index is 0.0296. The lowest BCUT2D eigenvalue weighted by atomic mass is 9.47. The Morgan fingerprint density at radius 3 is 2.45 bits per heavy atom. The molecule has 0 bridgehead atoms. The van der Waals surface area contributed by atoms with E-state index in [1.54, 1.807) is 5.57 Å². The monoisotopic (exact) mass is 518 g/mol. The second kappa shape index (κ2) is 11.1. The summed E-state index contributed by atoms with van der Waals surface area (Å²) in [4.78, 5) is 12.7. The molecule has 1 aromatic carbocycles. The zero-order valence-corrected chi connectivity index (χ0v) is 25.2. The predicted octanol–water partition coefficient (Wildman–Crippen LogP) is 9.89. The number of esters is 1. The molecule has 4 aliphatic rings. The highest BCUT2D eigenvalue weighted by atomic mass is 16.5. The fraction of sp³-hybridized carbons (Fsp3) is 0.750. The zero-order valence-electron chi connectivity index (χ0n) is 25.2. The number of carbonyl (C=O) groups is 1. The lowest BCUT2D eigenvalue weighted by Gasteiger charge is -2.58. The van der Waals surface area contributed by atoms with Gasteiger partial charge in [0.15, 0.2) is 0 Å². The normalized spacial score (nSPS) is 38.0. The molecule has 3 saturated carbocycles. The van der Waals surface area contributed by atoms with Gasteiger partial charge in [-0.1, -0.05) is 84.2 Å². The van der Waals surface area contributed by atoms with Crippen molar-refractivity contribution in [3.63, 3.8) is 0 Å². The maximum Gasteiger partial charge on any atom is 0.338 e. The number of hydrogen-bond acceptors (Lipinski definition) is 2. The summed E-state index contributed by atoms with van der Waals surface area (Å²) in [7, 11) is 0. The van der Waals surface area contributed by atoms with Gasteiger partial charge in [0, 0.05) is 6.42 Å². The fourth-order valence-electron chi connectivity index (χ4n) is 10.2. The molecule has 5 rings (SSSR count). The molecule has 2 nitrogen and oxygen atoms in total. The van der Waals surface area contributed by atoms with Gasteiger partial charge in [0.25, 0.3) is 0 Å². The summed E-state index contributed by atoms with van der Waals surface area (Å²) in [6.07, 6.45) is 16.9. The number of carbonyl (C=O) groups excluding carboxylic acids is 1. The summed E-state index contributed by atoms with van der Waals surface area (Å²) in [5.41, 5.74) is 3.10. The van der Waals surface area contributed by atoms with Crippen molar-refractivity contribution in [2.24, 2.45) is 52.3 Å². The van der Waals surface area contributed by atoms with E-state index < -0.39 is 0 Å². The van der Waals surface area contributed by atoms with E-state index in [0.717, 1.165) is 54.3 Å². The Labute approximate surface area is 233 Å². The number of hydrogen-bond donors (Lipinski definition) is 0. The van der Waals surface area contributed by atoms with Crippen molar-refractivity contribution in [1.29, 1.82) is 0 Å². The van der Waals surface area contributed by atoms with Crippen LogP contribution in [0.1, 0.15) is 123 Å². The van der Waals surface area contributed by atoms with Gasteiger partial charge in [0.2, 0.25) is 0 Å². The van der Waals surface area contributed by atoms with Crippen LogP contribution in [0.15, 0.2) is 42.0 Å². The molecule has 0 N–H and O–H groups in total. The fourth-order valence-corrected chi connectivity index (χ4v) is 10.2. The van der Waals surface area contributed by atoms with E-state index in [-0.39, 0.29) is 12.1 Å². The van der Waals surface area contributed by atoms with E-state index in [4.69, 9.17) is 4.74 Å². The van der Waals surface area contributed by atoms with E-state index in [1.165, 1.54) is 57.8 Å².